The molecular weight excluding hydrogens is 194 g/mol. The number of hydrogen-bond donors (Lipinski definition) is 1. The van der Waals surface area contributed by atoms with Crippen molar-refractivity contribution in [2.24, 2.45) is 5.73 Å². The van der Waals surface area contributed by atoms with E-state index >= 15 is 0 Å². The molecule has 1 rings (SSSR count). The molecule has 0 spiro atoms. The van der Waals surface area contributed by atoms with Crippen molar-refractivity contribution >= 4 is 17.2 Å². The Balaban J connectivity index is 3.05. The number of aromatic nitrogens is 2. The Kier molecular flexibility index (Phi) is 3.63. The number of nitrogens with two attached hydrogens (primary N) is 1. The molecule has 0 aliphatic rings. The van der Waals surface area contributed by atoms with Crippen LogP contribution in [0.3, 0.4) is 0 Å². The van der Waals surface area contributed by atoms with Crippen LogP contribution in [-0.2, 0) is 12.8 Å². The van der Waals surface area contributed by atoms with Crippen LogP contribution in [-0.4, -0.2) is 14.8 Å². The first-order valence-electron chi connectivity index (χ1n) is 4.96. The molecule has 4 heteroatoms. The molecule has 14 heavy (non-hydrogen) atoms. The largest absolute Gasteiger partial charge is 0.392 e. The molecule has 1 heterocycles. The summed E-state index contributed by atoms with van der Waals surface area (Å²) in [6, 6.07) is 2.13. The standard InChI is InChI=1S/C10H17N3S/c1-4-8-6-9(5-2)13(12-8)7(3)10(11)14/h6-7H,4-5H2,1-3H3,(H2,11,14). The van der Waals surface area contributed by atoms with Gasteiger partial charge in [0, 0.05) is 5.69 Å². The molecule has 2 N–H and O–H groups in total. The van der Waals surface area contributed by atoms with Gasteiger partial charge in [-0.2, -0.15) is 5.10 Å². The molecule has 1 atom stereocenters. The summed E-state index contributed by atoms with van der Waals surface area (Å²) in [6.45, 7) is 6.19. The summed E-state index contributed by atoms with van der Waals surface area (Å²) >= 11 is 4.97. The van der Waals surface area contributed by atoms with Crippen LogP contribution in [0.15, 0.2) is 6.07 Å². The summed E-state index contributed by atoms with van der Waals surface area (Å²) in [6.07, 6.45) is 1.91. The van der Waals surface area contributed by atoms with E-state index in [2.05, 4.69) is 25.0 Å². The maximum Gasteiger partial charge on any atom is 0.0992 e. The third-order valence-corrected chi connectivity index (χ3v) is 2.71. The van der Waals surface area contributed by atoms with Crippen molar-refractivity contribution in [3.63, 3.8) is 0 Å². The normalized spacial score (nSPS) is 12.8. The minimum Gasteiger partial charge on any atom is -0.392 e. The third kappa shape index (κ3) is 2.12. The average molecular weight is 211 g/mol. The van der Waals surface area contributed by atoms with Gasteiger partial charge >= 0.3 is 0 Å². The predicted molar refractivity (Wildman–Crippen MR) is 62.5 cm³/mol. The fourth-order valence-corrected chi connectivity index (χ4v) is 1.48. The zero-order valence-corrected chi connectivity index (χ0v) is 9.77. The second kappa shape index (κ2) is 4.55. The van der Waals surface area contributed by atoms with Crippen molar-refractivity contribution in [3.8, 4) is 0 Å². The number of thiocarbonyl (C=S) groups is 1. The maximum absolute atomic E-state index is 5.61. The SMILES string of the molecule is CCc1cc(CC)n(C(C)C(N)=S)n1. The zero-order chi connectivity index (χ0) is 10.7. The molecule has 0 saturated carbocycles. The van der Waals surface area contributed by atoms with E-state index < -0.39 is 0 Å². The lowest BCUT2D eigenvalue weighted by Crippen LogP contribution is -2.24. The highest BCUT2D eigenvalue weighted by Crippen LogP contribution is 2.13. The van der Waals surface area contributed by atoms with E-state index in [0.29, 0.717) is 4.99 Å². The zero-order valence-electron chi connectivity index (χ0n) is 8.95. The Hall–Kier alpha value is -0.900. The third-order valence-electron chi connectivity index (χ3n) is 2.37. The maximum atomic E-state index is 5.61. The van der Waals surface area contributed by atoms with Crippen LogP contribution < -0.4 is 5.73 Å². The first-order chi connectivity index (χ1) is 6.60. The van der Waals surface area contributed by atoms with Crippen LogP contribution in [0.25, 0.3) is 0 Å². The van der Waals surface area contributed by atoms with Crippen LogP contribution >= 0.6 is 12.2 Å². The summed E-state index contributed by atoms with van der Waals surface area (Å²) in [4.78, 5) is 0.491. The average Bonchev–Trinajstić information content (AvgIpc) is 2.59. The van der Waals surface area contributed by atoms with Gasteiger partial charge < -0.3 is 5.73 Å². The molecule has 0 fully saturated rings. The lowest BCUT2D eigenvalue weighted by molar-refractivity contribution is 0.576. The van der Waals surface area contributed by atoms with E-state index in [-0.39, 0.29) is 6.04 Å². The van der Waals surface area contributed by atoms with E-state index in [1.807, 2.05) is 11.6 Å². The number of aryl methyl sites for hydroxylation is 2. The molecule has 1 aromatic rings. The summed E-state index contributed by atoms with van der Waals surface area (Å²) in [7, 11) is 0. The van der Waals surface area contributed by atoms with E-state index in [4.69, 9.17) is 18.0 Å². The fraction of sp³-hybridized carbons (Fsp3) is 0.600. The number of rotatable bonds is 4. The highest BCUT2D eigenvalue weighted by Gasteiger charge is 2.13. The second-order valence-electron chi connectivity index (χ2n) is 3.36. The summed E-state index contributed by atoms with van der Waals surface area (Å²) in [5.74, 6) is 0. The molecule has 1 unspecified atom stereocenters. The summed E-state index contributed by atoms with van der Waals surface area (Å²) < 4.78 is 1.93. The first-order valence-corrected chi connectivity index (χ1v) is 5.37. The van der Waals surface area contributed by atoms with Crippen LogP contribution in [0.1, 0.15) is 38.2 Å². The van der Waals surface area contributed by atoms with E-state index in [9.17, 15) is 0 Å². The fourth-order valence-electron chi connectivity index (χ4n) is 1.38. The van der Waals surface area contributed by atoms with Gasteiger partial charge in [0.1, 0.15) is 0 Å². The molecule has 1 aromatic heterocycles. The molecular formula is C10H17N3S. The van der Waals surface area contributed by atoms with Crippen molar-refractivity contribution in [3.05, 3.63) is 17.5 Å². The Morgan fingerprint density at radius 1 is 1.57 bits per heavy atom. The topological polar surface area (TPSA) is 43.8 Å². The monoisotopic (exact) mass is 211 g/mol. The minimum absolute atomic E-state index is 0.0141. The molecule has 0 aromatic carbocycles. The Labute approximate surface area is 90.3 Å². The highest BCUT2D eigenvalue weighted by atomic mass is 32.1. The van der Waals surface area contributed by atoms with Gasteiger partial charge in [0.05, 0.1) is 16.7 Å². The lowest BCUT2D eigenvalue weighted by atomic mass is 10.2. The smallest absolute Gasteiger partial charge is 0.0992 e. The number of nitrogens with zero attached hydrogens (tertiary/aromatic N) is 2. The molecule has 0 amide bonds. The van der Waals surface area contributed by atoms with Gasteiger partial charge in [-0.15, -0.1) is 0 Å². The van der Waals surface area contributed by atoms with Crippen LogP contribution in [0.2, 0.25) is 0 Å². The van der Waals surface area contributed by atoms with Crippen LogP contribution in [0.5, 0.6) is 0 Å². The Morgan fingerprint density at radius 3 is 2.64 bits per heavy atom. The predicted octanol–water partition coefficient (Wildman–Crippen LogP) is 1.85. The second-order valence-corrected chi connectivity index (χ2v) is 3.83. The highest BCUT2D eigenvalue weighted by molar-refractivity contribution is 7.80. The molecule has 0 aliphatic carbocycles. The minimum atomic E-state index is 0.0141. The van der Waals surface area contributed by atoms with E-state index in [0.717, 1.165) is 18.5 Å². The lowest BCUT2D eigenvalue weighted by Gasteiger charge is -2.13. The Morgan fingerprint density at radius 2 is 2.21 bits per heavy atom. The summed E-state index contributed by atoms with van der Waals surface area (Å²) in [5, 5.41) is 4.47. The van der Waals surface area contributed by atoms with Gasteiger partial charge in [-0.3, -0.25) is 4.68 Å². The van der Waals surface area contributed by atoms with Gasteiger partial charge in [-0.05, 0) is 25.8 Å². The van der Waals surface area contributed by atoms with Gasteiger partial charge in [0.15, 0.2) is 0 Å². The van der Waals surface area contributed by atoms with Crippen molar-refractivity contribution in [2.75, 3.05) is 0 Å². The van der Waals surface area contributed by atoms with Crippen molar-refractivity contribution in [1.29, 1.82) is 0 Å². The van der Waals surface area contributed by atoms with Gasteiger partial charge in [0.2, 0.25) is 0 Å². The molecule has 78 valence electrons. The van der Waals surface area contributed by atoms with Gasteiger partial charge in [0.25, 0.3) is 0 Å². The molecule has 3 nitrogen and oxygen atoms in total. The summed E-state index contributed by atoms with van der Waals surface area (Å²) in [5.41, 5.74) is 7.91. The molecule has 0 saturated heterocycles. The number of hydrogen-bond acceptors (Lipinski definition) is 2. The quantitative estimate of drug-likeness (QED) is 0.773. The van der Waals surface area contributed by atoms with E-state index in [1.54, 1.807) is 0 Å². The Bertz CT molecular complexity index is 330. The van der Waals surface area contributed by atoms with Crippen molar-refractivity contribution in [1.82, 2.24) is 9.78 Å². The van der Waals surface area contributed by atoms with Gasteiger partial charge in [-0.25, -0.2) is 0 Å². The first kappa shape index (κ1) is 11.2. The van der Waals surface area contributed by atoms with E-state index in [1.165, 1.54) is 5.69 Å². The molecule has 0 bridgehead atoms. The van der Waals surface area contributed by atoms with Crippen molar-refractivity contribution < 1.29 is 0 Å². The van der Waals surface area contributed by atoms with Crippen LogP contribution in [0.4, 0.5) is 0 Å². The molecule has 0 aliphatic heterocycles. The van der Waals surface area contributed by atoms with Crippen molar-refractivity contribution in [2.45, 2.75) is 39.7 Å². The molecule has 0 radical (unpaired) electrons. The van der Waals surface area contributed by atoms with Crippen LogP contribution in [0, 0.1) is 0 Å². The van der Waals surface area contributed by atoms with Gasteiger partial charge in [-0.1, -0.05) is 26.1 Å².